The predicted octanol–water partition coefficient (Wildman–Crippen LogP) is 3.23. The summed E-state index contributed by atoms with van der Waals surface area (Å²) in [6.45, 7) is 6.41. The number of ether oxygens (including phenoxy) is 1. The number of rotatable bonds is 7. The lowest BCUT2D eigenvalue weighted by Gasteiger charge is -2.15. The normalized spacial score (nSPS) is 13.7. The highest BCUT2D eigenvalue weighted by atomic mass is 16.5. The van der Waals surface area contributed by atoms with Gasteiger partial charge in [0.1, 0.15) is 12.4 Å². The van der Waals surface area contributed by atoms with Gasteiger partial charge in [0, 0.05) is 25.1 Å². The number of aryl methyl sites for hydroxylation is 2. The number of likely N-dealkylation sites (tertiary alicyclic amines) is 1. The number of nitrogens with zero attached hydrogens (tertiary/aromatic N) is 1. The molecule has 0 saturated carbocycles. The number of amides is 2. The van der Waals surface area contributed by atoms with Crippen molar-refractivity contribution in [2.75, 3.05) is 19.7 Å². The molecule has 0 unspecified atom stereocenters. The van der Waals surface area contributed by atoms with Crippen LogP contribution >= 0.6 is 0 Å². The van der Waals surface area contributed by atoms with E-state index in [1.54, 1.807) is 12.1 Å². The highest BCUT2D eigenvalue weighted by Gasteiger charge is 2.19. The Hall–Kier alpha value is -2.82. The summed E-state index contributed by atoms with van der Waals surface area (Å²) in [6.07, 6.45) is 1.58. The van der Waals surface area contributed by atoms with E-state index in [9.17, 15) is 9.59 Å². The molecular formula is C22H26N2O3. The Kier molecular flexibility index (Phi) is 6.12. The zero-order valence-electron chi connectivity index (χ0n) is 16.0. The summed E-state index contributed by atoms with van der Waals surface area (Å²) < 4.78 is 5.68. The van der Waals surface area contributed by atoms with E-state index < -0.39 is 0 Å². The van der Waals surface area contributed by atoms with Gasteiger partial charge >= 0.3 is 0 Å². The van der Waals surface area contributed by atoms with Crippen molar-refractivity contribution in [2.24, 2.45) is 0 Å². The van der Waals surface area contributed by atoms with Crippen molar-refractivity contribution >= 4 is 11.8 Å². The van der Waals surface area contributed by atoms with Gasteiger partial charge in [-0.1, -0.05) is 18.2 Å². The third kappa shape index (κ3) is 5.09. The Labute approximate surface area is 160 Å². The molecular weight excluding hydrogens is 340 g/mol. The van der Waals surface area contributed by atoms with Crippen LogP contribution in [0.15, 0.2) is 42.5 Å². The Balaban J connectivity index is 1.43. The molecule has 0 radical (unpaired) electrons. The number of hydrogen-bond acceptors (Lipinski definition) is 3. The summed E-state index contributed by atoms with van der Waals surface area (Å²) >= 11 is 0. The Morgan fingerprint density at radius 1 is 1.11 bits per heavy atom. The van der Waals surface area contributed by atoms with E-state index in [1.807, 2.05) is 42.2 Å². The van der Waals surface area contributed by atoms with Crippen LogP contribution in [0.1, 0.15) is 39.9 Å². The number of nitrogens with one attached hydrogen (secondary N) is 1. The molecule has 1 aliphatic heterocycles. The predicted molar refractivity (Wildman–Crippen MR) is 105 cm³/mol. The van der Waals surface area contributed by atoms with Gasteiger partial charge in [-0.05, 0) is 61.2 Å². The highest BCUT2D eigenvalue weighted by Crippen LogP contribution is 2.16. The van der Waals surface area contributed by atoms with E-state index in [4.69, 9.17) is 4.74 Å². The third-order valence-corrected chi connectivity index (χ3v) is 4.90. The molecule has 5 heteroatoms. The van der Waals surface area contributed by atoms with Gasteiger partial charge in [0.15, 0.2) is 0 Å². The van der Waals surface area contributed by atoms with Crippen LogP contribution in [-0.4, -0.2) is 36.4 Å². The first kappa shape index (κ1) is 19.0. The second-order valence-electron chi connectivity index (χ2n) is 6.97. The van der Waals surface area contributed by atoms with Gasteiger partial charge in [-0.3, -0.25) is 9.59 Å². The first-order valence-electron chi connectivity index (χ1n) is 9.38. The quantitative estimate of drug-likeness (QED) is 0.766. The molecule has 0 spiro atoms. The van der Waals surface area contributed by atoms with Crippen LogP contribution in [0.5, 0.6) is 5.75 Å². The van der Waals surface area contributed by atoms with Gasteiger partial charge in [0.05, 0.1) is 6.54 Å². The lowest BCUT2D eigenvalue weighted by molar-refractivity contribution is -0.128. The first-order chi connectivity index (χ1) is 13.0. The molecule has 0 atom stereocenters. The van der Waals surface area contributed by atoms with Crippen LogP contribution in [0.4, 0.5) is 0 Å². The molecule has 1 N–H and O–H groups in total. The maximum atomic E-state index is 12.2. The lowest BCUT2D eigenvalue weighted by atomic mass is 10.1. The first-order valence-corrected chi connectivity index (χ1v) is 9.38. The lowest BCUT2D eigenvalue weighted by Crippen LogP contribution is -2.28. The molecule has 1 heterocycles. The number of carbonyl (C=O) groups is 2. The molecule has 3 rings (SSSR count). The molecule has 2 aromatic rings. The van der Waals surface area contributed by atoms with Gasteiger partial charge in [-0.25, -0.2) is 0 Å². The van der Waals surface area contributed by atoms with Crippen LogP contribution < -0.4 is 10.1 Å². The van der Waals surface area contributed by atoms with E-state index in [-0.39, 0.29) is 11.8 Å². The van der Waals surface area contributed by atoms with Crippen molar-refractivity contribution in [3.05, 3.63) is 64.7 Å². The zero-order valence-corrected chi connectivity index (χ0v) is 16.0. The standard InChI is InChI=1S/C22H26N2O3/c1-16-5-10-20(14-17(16)2)27-13-11-23-22(26)19-8-6-18(7-9-19)15-24-12-3-4-21(24)25/h5-10,14H,3-4,11-13,15H2,1-2H3,(H,23,26). The van der Waals surface area contributed by atoms with Crippen LogP contribution in [0.3, 0.4) is 0 Å². The van der Waals surface area contributed by atoms with Crippen molar-refractivity contribution in [1.29, 1.82) is 0 Å². The summed E-state index contributed by atoms with van der Waals surface area (Å²) in [5, 5.41) is 2.87. The van der Waals surface area contributed by atoms with Crippen molar-refractivity contribution in [3.63, 3.8) is 0 Å². The number of carbonyl (C=O) groups excluding carboxylic acids is 2. The maximum absolute atomic E-state index is 12.2. The monoisotopic (exact) mass is 366 g/mol. The minimum atomic E-state index is -0.123. The molecule has 1 fully saturated rings. The average molecular weight is 366 g/mol. The van der Waals surface area contributed by atoms with Crippen LogP contribution in [0.2, 0.25) is 0 Å². The van der Waals surface area contributed by atoms with Crippen LogP contribution in [0.25, 0.3) is 0 Å². The van der Waals surface area contributed by atoms with Gasteiger partial charge < -0.3 is 15.0 Å². The van der Waals surface area contributed by atoms with E-state index in [1.165, 1.54) is 11.1 Å². The van der Waals surface area contributed by atoms with Crippen LogP contribution in [0, 0.1) is 13.8 Å². The third-order valence-electron chi connectivity index (χ3n) is 4.90. The second kappa shape index (κ2) is 8.71. The minimum absolute atomic E-state index is 0.123. The van der Waals surface area contributed by atoms with E-state index in [0.717, 1.165) is 24.3 Å². The minimum Gasteiger partial charge on any atom is -0.492 e. The highest BCUT2D eigenvalue weighted by molar-refractivity contribution is 5.94. The van der Waals surface area contributed by atoms with Crippen molar-refractivity contribution in [3.8, 4) is 5.75 Å². The van der Waals surface area contributed by atoms with Crippen molar-refractivity contribution in [1.82, 2.24) is 10.2 Å². The fourth-order valence-electron chi connectivity index (χ4n) is 3.09. The molecule has 142 valence electrons. The van der Waals surface area contributed by atoms with Crippen molar-refractivity contribution < 1.29 is 14.3 Å². The van der Waals surface area contributed by atoms with E-state index >= 15 is 0 Å². The van der Waals surface area contributed by atoms with Crippen molar-refractivity contribution in [2.45, 2.75) is 33.2 Å². The molecule has 27 heavy (non-hydrogen) atoms. The Morgan fingerprint density at radius 2 is 1.89 bits per heavy atom. The van der Waals surface area contributed by atoms with Crippen LogP contribution in [-0.2, 0) is 11.3 Å². The van der Waals surface area contributed by atoms with E-state index in [0.29, 0.717) is 31.7 Å². The fourth-order valence-corrected chi connectivity index (χ4v) is 3.09. The van der Waals surface area contributed by atoms with E-state index in [2.05, 4.69) is 12.2 Å². The Bertz CT molecular complexity index is 815. The fraction of sp³-hybridized carbons (Fsp3) is 0.364. The summed E-state index contributed by atoms with van der Waals surface area (Å²) in [7, 11) is 0. The maximum Gasteiger partial charge on any atom is 0.251 e. The second-order valence-corrected chi connectivity index (χ2v) is 6.97. The van der Waals surface area contributed by atoms with Gasteiger partial charge in [0.25, 0.3) is 5.91 Å². The molecule has 5 nitrogen and oxygen atoms in total. The van der Waals surface area contributed by atoms with Gasteiger partial charge in [0.2, 0.25) is 5.91 Å². The summed E-state index contributed by atoms with van der Waals surface area (Å²) in [5.74, 6) is 0.899. The number of hydrogen-bond donors (Lipinski definition) is 1. The molecule has 0 aliphatic carbocycles. The smallest absolute Gasteiger partial charge is 0.251 e. The zero-order chi connectivity index (χ0) is 19.2. The summed E-state index contributed by atoms with van der Waals surface area (Å²) in [5.41, 5.74) is 4.07. The Morgan fingerprint density at radius 3 is 2.56 bits per heavy atom. The molecule has 1 saturated heterocycles. The largest absolute Gasteiger partial charge is 0.492 e. The molecule has 0 bridgehead atoms. The number of benzene rings is 2. The molecule has 0 aromatic heterocycles. The summed E-state index contributed by atoms with van der Waals surface area (Å²) in [4.78, 5) is 25.8. The SMILES string of the molecule is Cc1ccc(OCCNC(=O)c2ccc(CN3CCCC3=O)cc2)cc1C. The molecule has 2 amide bonds. The molecule has 1 aliphatic rings. The average Bonchev–Trinajstić information content (AvgIpc) is 3.07. The molecule has 2 aromatic carbocycles. The van der Waals surface area contributed by atoms with Gasteiger partial charge in [-0.2, -0.15) is 0 Å². The van der Waals surface area contributed by atoms with Gasteiger partial charge in [-0.15, -0.1) is 0 Å². The topological polar surface area (TPSA) is 58.6 Å². The summed E-state index contributed by atoms with van der Waals surface area (Å²) in [6, 6.07) is 13.4.